The lowest BCUT2D eigenvalue weighted by molar-refractivity contribution is -0.384. The molecule has 0 aliphatic rings. The van der Waals surface area contributed by atoms with Crippen molar-refractivity contribution >= 4 is 29.9 Å². The number of aromatic nitrogens is 3. The van der Waals surface area contributed by atoms with Crippen LogP contribution in [0.2, 0.25) is 0 Å². The zero-order valence-corrected chi connectivity index (χ0v) is 21.5. The van der Waals surface area contributed by atoms with Gasteiger partial charge in [0.2, 0.25) is 4.77 Å². The number of carbonyl (C=O) groups excluding carboxylic acids is 1. The fourth-order valence-electron chi connectivity index (χ4n) is 4.19. The Bertz CT molecular complexity index is 1680. The molecule has 0 saturated heterocycles. The van der Waals surface area contributed by atoms with Gasteiger partial charge in [0, 0.05) is 29.7 Å². The molecular formula is C30H23N5O3S. The second kappa shape index (κ2) is 11.6. The molecule has 0 bridgehead atoms. The van der Waals surface area contributed by atoms with E-state index in [1.54, 1.807) is 39.8 Å². The van der Waals surface area contributed by atoms with Crippen LogP contribution in [-0.4, -0.2) is 31.4 Å². The minimum absolute atomic E-state index is 0.00431. The van der Waals surface area contributed by atoms with Gasteiger partial charge in [-0.15, -0.1) is 5.10 Å². The van der Waals surface area contributed by atoms with Crippen molar-refractivity contribution in [3.8, 4) is 11.4 Å². The fraction of sp³-hybridized carbons (Fsp3) is 0.0667. The second-order valence-electron chi connectivity index (χ2n) is 8.74. The zero-order valence-electron chi connectivity index (χ0n) is 20.7. The largest absolute Gasteiger partial charge is 0.294 e. The molecule has 0 N–H and O–H groups in total. The van der Waals surface area contributed by atoms with Gasteiger partial charge in [0.25, 0.3) is 5.69 Å². The first-order valence-corrected chi connectivity index (χ1v) is 12.6. The summed E-state index contributed by atoms with van der Waals surface area (Å²) < 4.78 is 3.53. The number of nitrogens with zero attached hydrogens (tertiary/aromatic N) is 5. The van der Waals surface area contributed by atoms with Crippen molar-refractivity contribution in [2.24, 2.45) is 5.10 Å². The molecule has 9 heteroatoms. The van der Waals surface area contributed by atoms with Crippen molar-refractivity contribution in [2.45, 2.75) is 12.5 Å². The molecule has 8 nitrogen and oxygen atoms in total. The summed E-state index contributed by atoms with van der Waals surface area (Å²) in [6.07, 6.45) is 1.73. The normalized spacial score (nSPS) is 11.9. The van der Waals surface area contributed by atoms with Gasteiger partial charge in [-0.1, -0.05) is 91.0 Å². The monoisotopic (exact) mass is 533 g/mol. The number of non-ortho nitro benzene ring substituents is 1. The lowest BCUT2D eigenvalue weighted by atomic mass is 9.98. The molecule has 192 valence electrons. The van der Waals surface area contributed by atoms with Gasteiger partial charge in [0.05, 0.1) is 17.2 Å². The molecule has 0 radical (unpaired) electrons. The number of nitro benzene ring substituents is 1. The molecule has 0 amide bonds. The predicted octanol–water partition coefficient (Wildman–Crippen LogP) is 6.73. The van der Waals surface area contributed by atoms with Crippen molar-refractivity contribution < 1.29 is 9.72 Å². The average molecular weight is 534 g/mol. The molecule has 0 spiro atoms. The van der Waals surface area contributed by atoms with Gasteiger partial charge < -0.3 is 0 Å². The van der Waals surface area contributed by atoms with Gasteiger partial charge >= 0.3 is 0 Å². The van der Waals surface area contributed by atoms with Gasteiger partial charge in [0.1, 0.15) is 0 Å². The molecule has 0 saturated carbocycles. The summed E-state index contributed by atoms with van der Waals surface area (Å²) in [5.41, 5.74) is 2.96. The first-order valence-electron chi connectivity index (χ1n) is 12.2. The number of rotatable bonds is 9. The summed E-state index contributed by atoms with van der Waals surface area (Å²) in [5.74, 6) is 0.475. The van der Waals surface area contributed by atoms with E-state index >= 15 is 0 Å². The standard InChI is InChI=1S/C30H23N5O3S/c36-28(24-12-6-2-7-13-24)20-27(23-10-4-1-5-11-23)33-30(39)34(29(32-33)25-14-8-3-9-15-25)31-21-22-16-18-26(19-17-22)35(37)38/h1-19,21,27H,20H2/b31-21+/t27-/m0/s1. The third-order valence-electron chi connectivity index (χ3n) is 6.19. The number of hydrogen-bond donors (Lipinski definition) is 0. The van der Waals surface area contributed by atoms with E-state index in [9.17, 15) is 14.9 Å². The number of nitro groups is 1. The maximum atomic E-state index is 13.3. The summed E-state index contributed by atoms with van der Waals surface area (Å²) >= 11 is 5.88. The van der Waals surface area contributed by atoms with Crippen molar-refractivity contribution in [1.29, 1.82) is 0 Å². The first-order chi connectivity index (χ1) is 19.0. The summed E-state index contributed by atoms with van der Waals surface area (Å²) in [6, 6.07) is 33.9. The van der Waals surface area contributed by atoms with Crippen molar-refractivity contribution in [3.05, 3.63) is 147 Å². The van der Waals surface area contributed by atoms with Crippen LogP contribution in [0.5, 0.6) is 0 Å². The highest BCUT2D eigenvalue weighted by Crippen LogP contribution is 2.27. The topological polar surface area (TPSA) is 95.3 Å². The summed E-state index contributed by atoms with van der Waals surface area (Å²) in [4.78, 5) is 23.9. The molecule has 4 aromatic carbocycles. The minimum Gasteiger partial charge on any atom is -0.294 e. The van der Waals surface area contributed by atoms with Crippen LogP contribution in [0.15, 0.2) is 120 Å². The van der Waals surface area contributed by atoms with Crippen LogP contribution in [0, 0.1) is 14.9 Å². The summed E-state index contributed by atoms with van der Waals surface area (Å²) in [5, 5.41) is 20.5. The third-order valence-corrected chi connectivity index (χ3v) is 6.55. The minimum atomic E-state index is -0.468. The lowest BCUT2D eigenvalue weighted by Gasteiger charge is -2.17. The van der Waals surface area contributed by atoms with Crippen LogP contribution < -0.4 is 0 Å². The lowest BCUT2D eigenvalue weighted by Crippen LogP contribution is -2.17. The molecule has 5 aromatic rings. The Morgan fingerprint density at radius 2 is 1.49 bits per heavy atom. The van der Waals surface area contributed by atoms with E-state index in [1.165, 1.54) is 12.1 Å². The van der Waals surface area contributed by atoms with E-state index in [2.05, 4.69) is 5.10 Å². The van der Waals surface area contributed by atoms with Gasteiger partial charge in [-0.3, -0.25) is 14.9 Å². The molecule has 0 aliphatic heterocycles. The molecular weight excluding hydrogens is 510 g/mol. The Balaban J connectivity index is 1.60. The van der Waals surface area contributed by atoms with Crippen LogP contribution in [0.3, 0.4) is 0 Å². The third kappa shape index (κ3) is 5.78. The zero-order chi connectivity index (χ0) is 27.2. The number of carbonyl (C=O) groups is 1. The van der Waals surface area contributed by atoms with E-state index in [0.717, 1.165) is 11.1 Å². The van der Waals surface area contributed by atoms with Crippen LogP contribution in [0.1, 0.15) is 33.9 Å². The highest BCUT2D eigenvalue weighted by atomic mass is 32.1. The number of benzene rings is 4. The van der Waals surface area contributed by atoms with E-state index in [-0.39, 0.29) is 17.9 Å². The molecule has 39 heavy (non-hydrogen) atoms. The average Bonchev–Trinajstić information content (AvgIpc) is 3.31. The van der Waals surface area contributed by atoms with Crippen LogP contribution in [-0.2, 0) is 0 Å². The summed E-state index contributed by atoms with van der Waals surface area (Å²) in [7, 11) is 0. The Hall–Kier alpha value is -5.02. The molecule has 0 fully saturated rings. The van der Waals surface area contributed by atoms with Crippen LogP contribution in [0.25, 0.3) is 11.4 Å². The quantitative estimate of drug-likeness (QED) is 0.0688. The van der Waals surface area contributed by atoms with Crippen molar-refractivity contribution in [1.82, 2.24) is 14.5 Å². The highest BCUT2D eigenvalue weighted by molar-refractivity contribution is 7.71. The number of hydrogen-bond acceptors (Lipinski definition) is 6. The SMILES string of the molecule is O=C(C[C@@H](c1ccccc1)n1nc(-c2ccccc2)n(/N=C/c2ccc([N+](=O)[O-])cc2)c1=S)c1ccccc1. The summed E-state index contributed by atoms with van der Waals surface area (Å²) in [6.45, 7) is 0. The smallest absolute Gasteiger partial charge is 0.269 e. The van der Waals surface area contributed by atoms with Gasteiger partial charge in [-0.25, -0.2) is 4.68 Å². The Morgan fingerprint density at radius 1 is 0.897 bits per heavy atom. The highest BCUT2D eigenvalue weighted by Gasteiger charge is 2.24. The molecule has 1 heterocycles. The Morgan fingerprint density at radius 3 is 2.10 bits per heavy atom. The van der Waals surface area contributed by atoms with Crippen molar-refractivity contribution in [2.75, 3.05) is 0 Å². The van der Waals surface area contributed by atoms with Crippen LogP contribution >= 0.6 is 12.2 Å². The number of Topliss-reactive ketones (excluding diaryl/α,β-unsaturated/α-hetero) is 1. The van der Waals surface area contributed by atoms with Gasteiger partial charge in [0.15, 0.2) is 11.6 Å². The van der Waals surface area contributed by atoms with E-state index < -0.39 is 11.0 Å². The maximum absolute atomic E-state index is 13.3. The van der Waals surface area contributed by atoms with E-state index in [4.69, 9.17) is 17.3 Å². The molecule has 0 aliphatic carbocycles. The maximum Gasteiger partial charge on any atom is 0.269 e. The molecule has 5 rings (SSSR count). The molecule has 1 aromatic heterocycles. The van der Waals surface area contributed by atoms with E-state index in [0.29, 0.717) is 21.7 Å². The molecule has 1 atom stereocenters. The molecule has 0 unspecified atom stereocenters. The second-order valence-corrected chi connectivity index (χ2v) is 9.11. The predicted molar refractivity (Wildman–Crippen MR) is 153 cm³/mol. The first kappa shape index (κ1) is 25.6. The number of ketones is 1. The van der Waals surface area contributed by atoms with Crippen molar-refractivity contribution in [3.63, 3.8) is 0 Å². The Labute approximate surface area is 229 Å². The Kier molecular flexibility index (Phi) is 7.60. The van der Waals surface area contributed by atoms with E-state index in [1.807, 2.05) is 78.9 Å². The fourth-order valence-corrected chi connectivity index (χ4v) is 4.50. The van der Waals surface area contributed by atoms with Gasteiger partial charge in [-0.2, -0.15) is 9.78 Å². The van der Waals surface area contributed by atoms with Gasteiger partial charge in [-0.05, 0) is 35.5 Å². The van der Waals surface area contributed by atoms with Crippen LogP contribution in [0.4, 0.5) is 5.69 Å².